The molecule has 0 spiro atoms. The van der Waals surface area contributed by atoms with Crippen LogP contribution in [-0.2, 0) is 14.3 Å². The van der Waals surface area contributed by atoms with Gasteiger partial charge in [0.1, 0.15) is 11.3 Å². The summed E-state index contributed by atoms with van der Waals surface area (Å²) in [5, 5.41) is 14.8. The van der Waals surface area contributed by atoms with Crippen LogP contribution in [0.3, 0.4) is 0 Å². The van der Waals surface area contributed by atoms with Crippen molar-refractivity contribution in [2.24, 2.45) is 0 Å². The third-order valence-electron chi connectivity index (χ3n) is 3.13. The first-order valence-electron chi connectivity index (χ1n) is 8.07. The number of aliphatic carboxylic acids is 2. The average Bonchev–Trinajstić information content (AvgIpc) is 2.65. The summed E-state index contributed by atoms with van der Waals surface area (Å²) in [7, 11) is 1.36. The Morgan fingerprint density at radius 1 is 1.07 bits per heavy atom. The van der Waals surface area contributed by atoms with Crippen molar-refractivity contribution in [1.29, 1.82) is 0 Å². The highest BCUT2D eigenvalue weighted by Crippen LogP contribution is 2.18. The van der Waals surface area contributed by atoms with Crippen molar-refractivity contribution >= 4 is 17.9 Å². The maximum absolute atomic E-state index is 11.6. The minimum atomic E-state index is -1.82. The molecule has 1 aromatic carbocycles. The molecule has 0 aliphatic rings. The monoisotopic (exact) mass is 379 g/mol. The number of carbonyl (C=O) groups excluding carboxylic acids is 1. The SMILES string of the molecule is C=CCN(CC=C)CCCOc1ccccc1C(=O)OC.O=C(O)C(=O)O. The lowest BCUT2D eigenvalue weighted by Crippen LogP contribution is -2.26. The Morgan fingerprint density at radius 2 is 1.63 bits per heavy atom. The molecule has 0 atom stereocenters. The molecular formula is C19H25NO7. The fourth-order valence-electron chi connectivity index (χ4n) is 1.96. The fourth-order valence-corrected chi connectivity index (χ4v) is 1.96. The van der Waals surface area contributed by atoms with E-state index >= 15 is 0 Å². The molecule has 0 amide bonds. The lowest BCUT2D eigenvalue weighted by atomic mass is 10.2. The van der Waals surface area contributed by atoms with Crippen molar-refractivity contribution < 1.29 is 34.1 Å². The number of carboxylic acids is 2. The number of carbonyl (C=O) groups is 3. The van der Waals surface area contributed by atoms with Crippen LogP contribution in [-0.4, -0.2) is 66.4 Å². The van der Waals surface area contributed by atoms with E-state index in [0.717, 1.165) is 26.1 Å². The number of esters is 1. The number of rotatable bonds is 10. The Kier molecular flexibility index (Phi) is 12.5. The Labute approximate surface area is 158 Å². The Balaban J connectivity index is 0.000000972. The molecule has 1 aromatic rings. The number of benzene rings is 1. The van der Waals surface area contributed by atoms with Crippen LogP contribution >= 0.6 is 0 Å². The molecule has 8 nitrogen and oxygen atoms in total. The van der Waals surface area contributed by atoms with Crippen LogP contribution in [0.1, 0.15) is 16.8 Å². The van der Waals surface area contributed by atoms with E-state index in [0.29, 0.717) is 17.9 Å². The zero-order valence-corrected chi connectivity index (χ0v) is 15.3. The molecule has 8 heteroatoms. The fraction of sp³-hybridized carbons (Fsp3) is 0.316. The molecule has 27 heavy (non-hydrogen) atoms. The maximum Gasteiger partial charge on any atom is 0.414 e. The van der Waals surface area contributed by atoms with Crippen molar-refractivity contribution in [3.05, 3.63) is 55.1 Å². The van der Waals surface area contributed by atoms with Gasteiger partial charge in [-0.05, 0) is 18.6 Å². The first-order valence-corrected chi connectivity index (χ1v) is 8.07. The largest absolute Gasteiger partial charge is 0.493 e. The van der Waals surface area contributed by atoms with Gasteiger partial charge in [-0.3, -0.25) is 4.90 Å². The van der Waals surface area contributed by atoms with E-state index in [1.165, 1.54) is 7.11 Å². The van der Waals surface area contributed by atoms with Gasteiger partial charge < -0.3 is 19.7 Å². The maximum atomic E-state index is 11.6. The molecule has 0 aliphatic carbocycles. The molecule has 0 aromatic heterocycles. The molecule has 0 heterocycles. The summed E-state index contributed by atoms with van der Waals surface area (Å²) in [6, 6.07) is 7.10. The molecule has 1 rings (SSSR count). The van der Waals surface area contributed by atoms with E-state index < -0.39 is 11.9 Å². The van der Waals surface area contributed by atoms with Gasteiger partial charge in [-0.15, -0.1) is 13.2 Å². The summed E-state index contributed by atoms with van der Waals surface area (Å²) in [5.41, 5.74) is 0.453. The predicted molar refractivity (Wildman–Crippen MR) is 100.0 cm³/mol. The van der Waals surface area contributed by atoms with Gasteiger partial charge in [0.2, 0.25) is 0 Å². The minimum absolute atomic E-state index is 0.384. The number of ether oxygens (including phenoxy) is 2. The number of para-hydroxylation sites is 1. The topological polar surface area (TPSA) is 113 Å². The second-order valence-electron chi connectivity index (χ2n) is 5.14. The van der Waals surface area contributed by atoms with Gasteiger partial charge in [0, 0.05) is 19.6 Å². The summed E-state index contributed by atoms with van der Waals surface area (Å²) in [4.78, 5) is 32.0. The molecule has 0 bridgehead atoms. The number of methoxy groups -OCH3 is 1. The molecule has 0 unspecified atom stereocenters. The van der Waals surface area contributed by atoms with Crippen molar-refractivity contribution in [1.82, 2.24) is 4.90 Å². The first-order chi connectivity index (χ1) is 12.9. The van der Waals surface area contributed by atoms with Gasteiger partial charge in [0.25, 0.3) is 0 Å². The number of hydrogen-bond donors (Lipinski definition) is 2. The van der Waals surface area contributed by atoms with E-state index in [9.17, 15) is 4.79 Å². The molecule has 2 N–H and O–H groups in total. The molecule has 0 fully saturated rings. The van der Waals surface area contributed by atoms with Crippen molar-refractivity contribution in [2.75, 3.05) is 33.4 Å². The first kappa shape index (κ1) is 23.9. The highest BCUT2D eigenvalue weighted by molar-refractivity contribution is 6.27. The number of nitrogens with zero attached hydrogens (tertiary/aromatic N) is 1. The normalized spacial score (nSPS) is 9.56. The molecule has 0 saturated carbocycles. The van der Waals surface area contributed by atoms with E-state index in [2.05, 4.69) is 18.1 Å². The zero-order chi connectivity index (χ0) is 20.7. The summed E-state index contributed by atoms with van der Waals surface area (Å²) in [6.07, 6.45) is 4.60. The smallest absolute Gasteiger partial charge is 0.414 e. The van der Waals surface area contributed by atoms with Crippen LogP contribution in [0.4, 0.5) is 0 Å². The van der Waals surface area contributed by atoms with Gasteiger partial charge in [-0.25, -0.2) is 14.4 Å². The number of carboxylic acid groups (broad SMARTS) is 2. The van der Waals surface area contributed by atoms with Crippen molar-refractivity contribution in [3.8, 4) is 5.75 Å². The standard InChI is InChI=1S/C17H23NO3.C2H2O4/c1-4-11-18(12-5-2)13-8-14-21-16-10-7-6-9-15(16)17(19)20-3;3-1(4)2(5)6/h4-7,9-10H,1-2,8,11-14H2,3H3;(H,3,4)(H,5,6). The second kappa shape index (κ2) is 14.1. The Bertz CT molecular complexity index is 621. The molecule has 0 saturated heterocycles. The molecule has 148 valence electrons. The van der Waals surface area contributed by atoms with Gasteiger partial charge in [-0.1, -0.05) is 24.3 Å². The van der Waals surface area contributed by atoms with Crippen molar-refractivity contribution in [2.45, 2.75) is 6.42 Å². The van der Waals surface area contributed by atoms with Crippen LogP contribution in [0.5, 0.6) is 5.75 Å². The Morgan fingerprint density at radius 3 is 2.11 bits per heavy atom. The highest BCUT2D eigenvalue weighted by Gasteiger charge is 2.12. The van der Waals surface area contributed by atoms with E-state index in [4.69, 9.17) is 29.3 Å². The number of hydrogen-bond acceptors (Lipinski definition) is 6. The third-order valence-corrected chi connectivity index (χ3v) is 3.13. The highest BCUT2D eigenvalue weighted by atomic mass is 16.5. The lowest BCUT2D eigenvalue weighted by Gasteiger charge is -2.18. The Hall–Kier alpha value is -3.13. The molecule has 0 aliphatic heterocycles. The summed E-state index contributed by atoms with van der Waals surface area (Å²) in [6.45, 7) is 10.6. The molecular weight excluding hydrogens is 354 g/mol. The summed E-state index contributed by atoms with van der Waals surface area (Å²) in [5.74, 6) is -3.47. The van der Waals surface area contributed by atoms with Gasteiger partial charge in [0.05, 0.1) is 13.7 Å². The minimum Gasteiger partial charge on any atom is -0.493 e. The second-order valence-corrected chi connectivity index (χ2v) is 5.14. The van der Waals surface area contributed by atoms with Gasteiger partial charge in [-0.2, -0.15) is 0 Å². The lowest BCUT2D eigenvalue weighted by molar-refractivity contribution is -0.159. The van der Waals surface area contributed by atoms with Crippen LogP contribution in [0.2, 0.25) is 0 Å². The van der Waals surface area contributed by atoms with Gasteiger partial charge in [0.15, 0.2) is 0 Å². The van der Waals surface area contributed by atoms with Crippen molar-refractivity contribution in [3.63, 3.8) is 0 Å². The average molecular weight is 379 g/mol. The van der Waals surface area contributed by atoms with E-state index in [-0.39, 0.29) is 5.97 Å². The van der Waals surface area contributed by atoms with Gasteiger partial charge >= 0.3 is 17.9 Å². The van der Waals surface area contributed by atoms with Crippen LogP contribution in [0, 0.1) is 0 Å². The summed E-state index contributed by atoms with van der Waals surface area (Å²) < 4.78 is 10.4. The van der Waals surface area contributed by atoms with Crippen LogP contribution in [0.25, 0.3) is 0 Å². The quantitative estimate of drug-likeness (QED) is 0.275. The molecule has 0 radical (unpaired) electrons. The summed E-state index contributed by atoms with van der Waals surface area (Å²) >= 11 is 0. The van der Waals surface area contributed by atoms with E-state index in [1.807, 2.05) is 18.2 Å². The zero-order valence-electron chi connectivity index (χ0n) is 15.3. The predicted octanol–water partition coefficient (Wildman–Crippen LogP) is 2.07. The van der Waals surface area contributed by atoms with E-state index in [1.54, 1.807) is 18.2 Å². The van der Waals surface area contributed by atoms with Crippen LogP contribution < -0.4 is 4.74 Å². The third kappa shape index (κ3) is 10.5. The van der Waals surface area contributed by atoms with Crippen LogP contribution in [0.15, 0.2) is 49.6 Å².